The van der Waals surface area contributed by atoms with E-state index in [-0.39, 0.29) is 36.7 Å². The van der Waals surface area contributed by atoms with Crippen molar-refractivity contribution in [2.24, 2.45) is 5.73 Å². The average Bonchev–Trinajstić information content (AvgIpc) is 2.48. The lowest BCUT2D eigenvalue weighted by molar-refractivity contribution is -0.133. The summed E-state index contributed by atoms with van der Waals surface area (Å²) in [6.45, 7) is 3.62. The minimum absolute atomic E-state index is 0. The van der Waals surface area contributed by atoms with E-state index < -0.39 is 0 Å². The highest BCUT2D eigenvalue weighted by molar-refractivity contribution is 5.85. The molecular formula is C16H26ClFN2O2. The van der Waals surface area contributed by atoms with E-state index in [1.165, 1.54) is 12.1 Å². The zero-order chi connectivity index (χ0) is 15.7. The zero-order valence-electron chi connectivity index (χ0n) is 13.3. The first-order valence-electron chi connectivity index (χ1n) is 7.35. The number of nitrogens with zero attached hydrogens (tertiary/aromatic N) is 1. The quantitative estimate of drug-likeness (QED) is 0.755. The topological polar surface area (TPSA) is 55.6 Å². The van der Waals surface area contributed by atoms with Gasteiger partial charge in [-0.3, -0.25) is 4.79 Å². The number of amides is 1. The predicted octanol–water partition coefficient (Wildman–Crippen LogP) is 2.39. The molecule has 0 heterocycles. The van der Waals surface area contributed by atoms with Gasteiger partial charge in [0.05, 0.1) is 12.5 Å². The third kappa shape index (κ3) is 7.20. The maximum atomic E-state index is 13.2. The fraction of sp³-hybridized carbons (Fsp3) is 0.562. The lowest BCUT2D eigenvalue weighted by Gasteiger charge is -2.24. The number of hydrogen-bond donors (Lipinski definition) is 1. The molecule has 4 nitrogen and oxygen atoms in total. The molecule has 1 atom stereocenters. The van der Waals surface area contributed by atoms with E-state index in [9.17, 15) is 9.18 Å². The van der Waals surface area contributed by atoms with Gasteiger partial charge in [0.1, 0.15) is 5.82 Å². The maximum absolute atomic E-state index is 13.2. The normalized spacial score (nSPS) is 11.6. The van der Waals surface area contributed by atoms with Crippen molar-refractivity contribution < 1.29 is 13.9 Å². The second-order valence-corrected chi connectivity index (χ2v) is 5.06. The molecule has 0 radical (unpaired) electrons. The first-order valence-corrected chi connectivity index (χ1v) is 7.35. The largest absolute Gasteiger partial charge is 0.380 e. The van der Waals surface area contributed by atoms with Gasteiger partial charge in [0.2, 0.25) is 5.91 Å². The Morgan fingerprint density at radius 2 is 2.14 bits per heavy atom. The number of rotatable bonds is 9. The molecule has 0 aliphatic rings. The van der Waals surface area contributed by atoms with E-state index in [1.807, 2.05) is 13.0 Å². The molecule has 0 fully saturated rings. The Bertz CT molecular complexity index is 442. The summed E-state index contributed by atoms with van der Waals surface area (Å²) >= 11 is 0. The molecule has 0 aliphatic heterocycles. The Balaban J connectivity index is 0.00000441. The molecule has 22 heavy (non-hydrogen) atoms. The molecule has 0 saturated carbocycles. The Labute approximate surface area is 138 Å². The minimum Gasteiger partial charge on any atom is -0.380 e. The van der Waals surface area contributed by atoms with Gasteiger partial charge in [-0.25, -0.2) is 4.39 Å². The van der Waals surface area contributed by atoms with E-state index in [2.05, 4.69) is 0 Å². The van der Waals surface area contributed by atoms with Gasteiger partial charge in [-0.1, -0.05) is 19.1 Å². The Hall–Kier alpha value is -1.17. The number of methoxy groups -OCH3 is 1. The van der Waals surface area contributed by atoms with E-state index in [1.54, 1.807) is 18.1 Å². The molecular weight excluding hydrogens is 307 g/mol. The fourth-order valence-electron chi connectivity index (χ4n) is 2.17. The molecule has 0 saturated heterocycles. The number of nitrogens with two attached hydrogens (primary N) is 1. The van der Waals surface area contributed by atoms with Gasteiger partial charge in [0.15, 0.2) is 0 Å². The van der Waals surface area contributed by atoms with Crippen LogP contribution in [0.2, 0.25) is 0 Å². The van der Waals surface area contributed by atoms with Crippen molar-refractivity contribution in [2.45, 2.75) is 32.3 Å². The molecule has 1 aromatic rings. The van der Waals surface area contributed by atoms with Crippen LogP contribution in [0.5, 0.6) is 0 Å². The molecule has 1 rings (SSSR count). The van der Waals surface area contributed by atoms with Crippen molar-refractivity contribution in [1.29, 1.82) is 0 Å². The smallest absolute Gasteiger partial charge is 0.225 e. The van der Waals surface area contributed by atoms with Crippen molar-refractivity contribution >= 4 is 18.3 Å². The van der Waals surface area contributed by atoms with Gasteiger partial charge in [-0.2, -0.15) is 0 Å². The van der Waals surface area contributed by atoms with Gasteiger partial charge in [-0.15, -0.1) is 12.4 Å². The summed E-state index contributed by atoms with van der Waals surface area (Å²) < 4.78 is 18.3. The highest BCUT2D eigenvalue weighted by atomic mass is 35.5. The zero-order valence-corrected chi connectivity index (χ0v) is 14.1. The van der Waals surface area contributed by atoms with Crippen LogP contribution in [0.25, 0.3) is 0 Å². The second kappa shape index (κ2) is 11.4. The molecule has 2 N–H and O–H groups in total. The number of carbonyl (C=O) groups excluding carboxylic acids is 1. The molecule has 1 aromatic carbocycles. The Morgan fingerprint density at radius 1 is 1.41 bits per heavy atom. The van der Waals surface area contributed by atoms with Crippen molar-refractivity contribution in [1.82, 2.24) is 4.90 Å². The lowest BCUT2D eigenvalue weighted by Crippen LogP contribution is -2.37. The van der Waals surface area contributed by atoms with Crippen molar-refractivity contribution in [3.8, 4) is 0 Å². The highest BCUT2D eigenvalue weighted by Crippen LogP contribution is 2.08. The molecule has 126 valence electrons. The summed E-state index contributed by atoms with van der Waals surface area (Å²) in [6.07, 6.45) is 1.57. The van der Waals surface area contributed by atoms with Crippen LogP contribution in [0, 0.1) is 5.82 Å². The van der Waals surface area contributed by atoms with E-state index in [0.29, 0.717) is 26.1 Å². The van der Waals surface area contributed by atoms with Crippen LogP contribution in [0.15, 0.2) is 24.3 Å². The van der Waals surface area contributed by atoms with Gasteiger partial charge >= 0.3 is 0 Å². The fourth-order valence-corrected chi connectivity index (χ4v) is 2.17. The first kappa shape index (κ1) is 20.8. The van der Waals surface area contributed by atoms with Crippen molar-refractivity contribution in [3.63, 3.8) is 0 Å². The SMILES string of the molecule is CCCN(CCc1cccc(F)c1)C(=O)CC(CN)OC.Cl. The summed E-state index contributed by atoms with van der Waals surface area (Å²) in [5.74, 6) is -0.214. The van der Waals surface area contributed by atoms with Crippen LogP contribution in [0.3, 0.4) is 0 Å². The summed E-state index contributed by atoms with van der Waals surface area (Å²) in [5.41, 5.74) is 6.44. The van der Waals surface area contributed by atoms with Crippen LogP contribution in [-0.2, 0) is 16.0 Å². The van der Waals surface area contributed by atoms with E-state index in [0.717, 1.165) is 12.0 Å². The summed E-state index contributed by atoms with van der Waals surface area (Å²) in [6, 6.07) is 6.48. The molecule has 0 aromatic heterocycles. The standard InChI is InChI=1S/C16H25FN2O2.ClH/c1-3-8-19(16(20)11-15(12-18)21-2)9-7-13-5-4-6-14(17)10-13;/h4-6,10,15H,3,7-9,11-12,18H2,1-2H3;1H. The number of carbonyl (C=O) groups is 1. The summed E-state index contributed by atoms with van der Waals surface area (Å²) in [4.78, 5) is 14.1. The van der Waals surface area contributed by atoms with Gasteiger partial charge < -0.3 is 15.4 Å². The van der Waals surface area contributed by atoms with E-state index in [4.69, 9.17) is 10.5 Å². The van der Waals surface area contributed by atoms with Crippen LogP contribution < -0.4 is 5.73 Å². The summed E-state index contributed by atoms with van der Waals surface area (Å²) in [5, 5.41) is 0. The molecule has 1 unspecified atom stereocenters. The van der Waals surface area contributed by atoms with Crippen LogP contribution in [0.1, 0.15) is 25.3 Å². The lowest BCUT2D eigenvalue weighted by atomic mass is 10.1. The Morgan fingerprint density at radius 3 is 2.68 bits per heavy atom. The van der Waals surface area contributed by atoms with Crippen LogP contribution in [-0.4, -0.2) is 43.7 Å². The second-order valence-electron chi connectivity index (χ2n) is 5.06. The Kier molecular flexibility index (Phi) is 10.8. The number of hydrogen-bond acceptors (Lipinski definition) is 3. The van der Waals surface area contributed by atoms with Crippen molar-refractivity contribution in [3.05, 3.63) is 35.6 Å². The van der Waals surface area contributed by atoms with E-state index >= 15 is 0 Å². The number of benzene rings is 1. The molecule has 6 heteroatoms. The molecule has 0 bridgehead atoms. The third-order valence-corrected chi connectivity index (χ3v) is 3.40. The van der Waals surface area contributed by atoms with Crippen LogP contribution in [0.4, 0.5) is 4.39 Å². The van der Waals surface area contributed by atoms with Gasteiger partial charge in [0.25, 0.3) is 0 Å². The summed E-state index contributed by atoms with van der Waals surface area (Å²) in [7, 11) is 1.56. The molecule has 0 spiro atoms. The van der Waals surface area contributed by atoms with Crippen molar-refractivity contribution in [2.75, 3.05) is 26.7 Å². The minimum atomic E-state index is -0.247. The predicted molar refractivity (Wildman–Crippen MR) is 88.7 cm³/mol. The van der Waals surface area contributed by atoms with Gasteiger partial charge in [-0.05, 0) is 30.5 Å². The maximum Gasteiger partial charge on any atom is 0.225 e. The monoisotopic (exact) mass is 332 g/mol. The van der Waals surface area contributed by atoms with Crippen LogP contribution >= 0.6 is 12.4 Å². The average molecular weight is 333 g/mol. The third-order valence-electron chi connectivity index (χ3n) is 3.40. The first-order chi connectivity index (χ1) is 10.1. The number of ether oxygens (including phenoxy) is 1. The number of halogens is 2. The molecule has 1 amide bonds. The highest BCUT2D eigenvalue weighted by Gasteiger charge is 2.17. The van der Waals surface area contributed by atoms with Gasteiger partial charge in [0, 0.05) is 26.7 Å². The molecule has 0 aliphatic carbocycles.